The third-order valence-electron chi connectivity index (χ3n) is 4.50. The van der Waals surface area contributed by atoms with Crippen LogP contribution in [0.2, 0.25) is 0 Å². The fraction of sp³-hybridized carbons (Fsp3) is 0.227. The highest BCUT2D eigenvalue weighted by molar-refractivity contribution is 5.90. The van der Waals surface area contributed by atoms with Crippen LogP contribution < -0.4 is 16.4 Å². The van der Waals surface area contributed by atoms with Gasteiger partial charge in [0.05, 0.1) is 0 Å². The Kier molecular flexibility index (Phi) is 5.59. The maximum Gasteiger partial charge on any atom is 0.320 e. The van der Waals surface area contributed by atoms with Crippen LogP contribution in [0, 0.1) is 13.8 Å². The Balaban J connectivity index is 1.81. The van der Waals surface area contributed by atoms with E-state index in [-0.39, 0.29) is 12.5 Å². The Bertz CT molecular complexity index is 1100. The van der Waals surface area contributed by atoms with Gasteiger partial charge in [0.2, 0.25) is 5.91 Å². The van der Waals surface area contributed by atoms with Gasteiger partial charge in [0, 0.05) is 23.8 Å². The minimum Gasteiger partial charge on any atom is -0.325 e. The molecule has 1 amide bonds. The molecule has 0 fully saturated rings. The second-order valence-corrected chi connectivity index (χ2v) is 6.85. The van der Waals surface area contributed by atoms with E-state index in [0.29, 0.717) is 11.4 Å². The molecule has 1 N–H and O–H groups in total. The molecule has 0 saturated carbocycles. The predicted octanol–water partition coefficient (Wildman–Crippen LogP) is 2.82. The van der Waals surface area contributed by atoms with Gasteiger partial charge in [0.15, 0.2) is 0 Å². The molecular weight excluding hydrogens is 354 g/mol. The molecule has 0 unspecified atom stereocenters. The largest absolute Gasteiger partial charge is 0.325 e. The van der Waals surface area contributed by atoms with Gasteiger partial charge >= 0.3 is 11.1 Å². The standard InChI is InChI=1S/C22H23N3O3/c1-4-17-5-7-18(8-6-17)23-20(26)14-24-9-10-25(22(28)21(24)27)19-12-15(2)11-16(3)13-19/h5-13H,4,14H2,1-3H3,(H,23,26). The van der Waals surface area contributed by atoms with Crippen LogP contribution in [0.3, 0.4) is 0 Å². The van der Waals surface area contributed by atoms with Crippen molar-refractivity contribution in [1.82, 2.24) is 9.13 Å². The molecule has 6 nitrogen and oxygen atoms in total. The summed E-state index contributed by atoms with van der Waals surface area (Å²) < 4.78 is 2.43. The minimum atomic E-state index is -0.738. The molecule has 0 bridgehead atoms. The van der Waals surface area contributed by atoms with Crippen molar-refractivity contribution in [3.8, 4) is 5.69 Å². The van der Waals surface area contributed by atoms with Crippen molar-refractivity contribution in [3.05, 3.63) is 92.3 Å². The average molecular weight is 377 g/mol. The van der Waals surface area contributed by atoms with Gasteiger partial charge in [-0.2, -0.15) is 0 Å². The number of aryl methyl sites for hydroxylation is 3. The monoisotopic (exact) mass is 377 g/mol. The van der Waals surface area contributed by atoms with Gasteiger partial charge in [-0.1, -0.05) is 25.1 Å². The van der Waals surface area contributed by atoms with E-state index in [0.717, 1.165) is 22.1 Å². The van der Waals surface area contributed by atoms with Crippen LogP contribution in [0.15, 0.2) is 64.4 Å². The molecule has 6 heteroatoms. The smallest absolute Gasteiger partial charge is 0.320 e. The Morgan fingerprint density at radius 2 is 1.57 bits per heavy atom. The lowest BCUT2D eigenvalue weighted by atomic mass is 10.1. The van der Waals surface area contributed by atoms with Crippen molar-refractivity contribution >= 4 is 11.6 Å². The van der Waals surface area contributed by atoms with Crippen LogP contribution >= 0.6 is 0 Å². The van der Waals surface area contributed by atoms with Crippen molar-refractivity contribution in [2.75, 3.05) is 5.32 Å². The predicted molar refractivity (Wildman–Crippen MR) is 110 cm³/mol. The molecule has 28 heavy (non-hydrogen) atoms. The quantitative estimate of drug-likeness (QED) is 0.695. The summed E-state index contributed by atoms with van der Waals surface area (Å²) >= 11 is 0. The normalized spacial score (nSPS) is 10.7. The lowest BCUT2D eigenvalue weighted by Crippen LogP contribution is -2.41. The average Bonchev–Trinajstić information content (AvgIpc) is 2.65. The summed E-state index contributed by atoms with van der Waals surface area (Å²) in [7, 11) is 0. The number of aromatic nitrogens is 2. The van der Waals surface area contributed by atoms with Crippen molar-refractivity contribution in [3.63, 3.8) is 0 Å². The van der Waals surface area contributed by atoms with E-state index in [1.165, 1.54) is 22.5 Å². The van der Waals surface area contributed by atoms with Crippen molar-refractivity contribution in [2.24, 2.45) is 0 Å². The third-order valence-corrected chi connectivity index (χ3v) is 4.50. The first-order chi connectivity index (χ1) is 13.4. The molecule has 0 spiro atoms. The van der Waals surface area contributed by atoms with Gasteiger partial charge in [-0.05, 0) is 61.2 Å². The van der Waals surface area contributed by atoms with Crippen LogP contribution in [0.4, 0.5) is 5.69 Å². The van der Waals surface area contributed by atoms with Crippen LogP contribution in [0.5, 0.6) is 0 Å². The summed E-state index contributed by atoms with van der Waals surface area (Å²) in [5.41, 5.74) is 3.03. The Morgan fingerprint density at radius 3 is 2.18 bits per heavy atom. The topological polar surface area (TPSA) is 73.1 Å². The zero-order chi connectivity index (χ0) is 20.3. The maximum atomic E-state index is 12.5. The number of benzene rings is 2. The summed E-state index contributed by atoms with van der Waals surface area (Å²) in [4.78, 5) is 37.2. The van der Waals surface area contributed by atoms with Crippen LogP contribution in [-0.4, -0.2) is 15.0 Å². The first-order valence-electron chi connectivity index (χ1n) is 9.17. The van der Waals surface area contributed by atoms with Crippen LogP contribution in [0.1, 0.15) is 23.6 Å². The highest BCUT2D eigenvalue weighted by atomic mass is 16.2. The van der Waals surface area contributed by atoms with E-state index in [1.807, 2.05) is 56.3 Å². The second kappa shape index (κ2) is 8.08. The fourth-order valence-corrected chi connectivity index (χ4v) is 3.10. The molecule has 1 heterocycles. The number of anilines is 1. The van der Waals surface area contributed by atoms with E-state index in [2.05, 4.69) is 12.2 Å². The zero-order valence-electron chi connectivity index (χ0n) is 16.2. The molecule has 0 aliphatic carbocycles. The number of hydrogen-bond donors (Lipinski definition) is 1. The van der Waals surface area contributed by atoms with E-state index in [9.17, 15) is 14.4 Å². The fourth-order valence-electron chi connectivity index (χ4n) is 3.10. The second-order valence-electron chi connectivity index (χ2n) is 6.85. The van der Waals surface area contributed by atoms with E-state index in [1.54, 1.807) is 0 Å². The highest BCUT2D eigenvalue weighted by Crippen LogP contribution is 2.12. The molecule has 2 aromatic carbocycles. The van der Waals surface area contributed by atoms with Gasteiger partial charge in [0.1, 0.15) is 6.54 Å². The zero-order valence-corrected chi connectivity index (χ0v) is 16.2. The Labute approximate surface area is 163 Å². The van der Waals surface area contributed by atoms with Crippen molar-refractivity contribution in [1.29, 1.82) is 0 Å². The van der Waals surface area contributed by atoms with E-state index in [4.69, 9.17) is 0 Å². The number of nitrogens with zero attached hydrogens (tertiary/aromatic N) is 2. The first kappa shape index (κ1) is 19.4. The minimum absolute atomic E-state index is 0.225. The van der Waals surface area contributed by atoms with Crippen LogP contribution in [-0.2, 0) is 17.8 Å². The van der Waals surface area contributed by atoms with Crippen LogP contribution in [0.25, 0.3) is 5.69 Å². The Hall–Kier alpha value is -3.41. The summed E-state index contributed by atoms with van der Waals surface area (Å²) in [5.74, 6) is -0.366. The molecule has 1 aromatic heterocycles. The van der Waals surface area contributed by atoms with E-state index < -0.39 is 11.1 Å². The molecule has 0 saturated heterocycles. The molecule has 3 aromatic rings. The summed E-state index contributed by atoms with van der Waals surface area (Å²) in [6, 6.07) is 13.2. The maximum absolute atomic E-state index is 12.5. The molecular formula is C22H23N3O3. The van der Waals surface area contributed by atoms with Gasteiger partial charge in [-0.3, -0.25) is 23.5 Å². The van der Waals surface area contributed by atoms with Crippen molar-refractivity contribution in [2.45, 2.75) is 33.7 Å². The van der Waals surface area contributed by atoms with Gasteiger partial charge in [-0.25, -0.2) is 0 Å². The Morgan fingerprint density at radius 1 is 0.929 bits per heavy atom. The van der Waals surface area contributed by atoms with Gasteiger partial charge < -0.3 is 5.32 Å². The highest BCUT2D eigenvalue weighted by Gasteiger charge is 2.11. The number of rotatable bonds is 5. The molecule has 0 atom stereocenters. The molecule has 144 valence electrons. The molecule has 0 aliphatic rings. The molecule has 3 rings (SSSR count). The summed E-state index contributed by atoms with van der Waals surface area (Å²) in [5, 5.41) is 2.74. The number of nitrogens with one attached hydrogen (secondary N) is 1. The first-order valence-corrected chi connectivity index (χ1v) is 9.17. The number of hydrogen-bond acceptors (Lipinski definition) is 3. The lowest BCUT2D eigenvalue weighted by molar-refractivity contribution is -0.116. The number of carbonyl (C=O) groups excluding carboxylic acids is 1. The molecule has 0 aliphatic heterocycles. The molecule has 0 radical (unpaired) electrons. The number of amides is 1. The summed E-state index contributed by atoms with van der Waals surface area (Å²) in [6.45, 7) is 5.69. The lowest BCUT2D eigenvalue weighted by Gasteiger charge is -2.11. The van der Waals surface area contributed by atoms with Gasteiger partial charge in [-0.15, -0.1) is 0 Å². The number of carbonyl (C=O) groups is 1. The third kappa shape index (κ3) is 4.28. The SMILES string of the molecule is CCc1ccc(NC(=O)Cn2ccn(-c3cc(C)cc(C)c3)c(=O)c2=O)cc1. The van der Waals surface area contributed by atoms with Gasteiger partial charge in [0.25, 0.3) is 0 Å². The summed E-state index contributed by atoms with van der Waals surface area (Å²) in [6.07, 6.45) is 3.89. The van der Waals surface area contributed by atoms with Crippen molar-refractivity contribution < 1.29 is 4.79 Å². The van der Waals surface area contributed by atoms with E-state index >= 15 is 0 Å².